The van der Waals surface area contributed by atoms with Crippen LogP contribution in [0.1, 0.15) is 0 Å². The molecule has 60 valence electrons. The van der Waals surface area contributed by atoms with Crippen molar-refractivity contribution in [2.45, 2.75) is 0 Å². The summed E-state index contributed by atoms with van der Waals surface area (Å²) < 4.78 is 2.79. The first-order chi connectivity index (χ1) is 5.88. The van der Waals surface area contributed by atoms with Crippen LogP contribution in [0.5, 0.6) is 0 Å². The summed E-state index contributed by atoms with van der Waals surface area (Å²) in [7, 11) is 0. The number of hydrogen-bond donors (Lipinski definition) is 0. The second kappa shape index (κ2) is 3.18. The lowest BCUT2D eigenvalue weighted by molar-refractivity contribution is 0.867. The van der Waals surface area contributed by atoms with Crippen LogP contribution < -0.4 is 0 Å². The van der Waals surface area contributed by atoms with E-state index in [0.717, 1.165) is 9.26 Å². The molecule has 0 unspecified atom stereocenters. The Morgan fingerprint density at radius 1 is 1.33 bits per heavy atom. The molecule has 0 aliphatic carbocycles. The highest BCUT2D eigenvalue weighted by atomic mass is 127. The molecule has 0 fully saturated rings. The van der Waals surface area contributed by atoms with Gasteiger partial charge in [-0.05, 0) is 28.7 Å². The fraction of sp³-hybridized carbons (Fsp3) is 0. The molecule has 0 atom stereocenters. The van der Waals surface area contributed by atoms with Crippen LogP contribution in [0.4, 0.5) is 0 Å². The van der Waals surface area contributed by atoms with E-state index in [4.69, 9.17) is 0 Å². The molecule has 4 nitrogen and oxygen atoms in total. The van der Waals surface area contributed by atoms with Crippen LogP contribution in [-0.2, 0) is 0 Å². The van der Waals surface area contributed by atoms with Crippen molar-refractivity contribution in [2.24, 2.45) is 0 Å². The standard InChI is InChI=1S/C7H5IN4/c8-6-1-2-9-3-7(6)12-5-10-4-11-12/h1-5H. The van der Waals surface area contributed by atoms with E-state index in [1.165, 1.54) is 6.33 Å². The van der Waals surface area contributed by atoms with E-state index in [2.05, 4.69) is 37.7 Å². The Labute approximate surface area is 82.8 Å². The van der Waals surface area contributed by atoms with Gasteiger partial charge in [-0.1, -0.05) is 0 Å². The maximum atomic E-state index is 4.01. The van der Waals surface area contributed by atoms with Gasteiger partial charge in [0.2, 0.25) is 0 Å². The SMILES string of the molecule is Ic1ccncc1-n1cncn1. The summed E-state index contributed by atoms with van der Waals surface area (Å²) in [5, 5.41) is 4.01. The van der Waals surface area contributed by atoms with Crippen molar-refractivity contribution >= 4 is 22.6 Å². The monoisotopic (exact) mass is 272 g/mol. The second-order valence-electron chi connectivity index (χ2n) is 2.17. The third-order valence-electron chi connectivity index (χ3n) is 1.41. The number of nitrogens with zero attached hydrogens (tertiary/aromatic N) is 4. The zero-order chi connectivity index (χ0) is 8.39. The molecule has 0 spiro atoms. The third-order valence-corrected chi connectivity index (χ3v) is 2.33. The first-order valence-electron chi connectivity index (χ1n) is 3.32. The molecule has 5 heteroatoms. The molecule has 0 saturated carbocycles. The van der Waals surface area contributed by atoms with Crippen LogP contribution in [0.25, 0.3) is 5.69 Å². The summed E-state index contributed by atoms with van der Waals surface area (Å²) in [6.45, 7) is 0. The minimum absolute atomic E-state index is 0.954. The molecular weight excluding hydrogens is 267 g/mol. The smallest absolute Gasteiger partial charge is 0.138 e. The Morgan fingerprint density at radius 2 is 2.25 bits per heavy atom. The van der Waals surface area contributed by atoms with E-state index in [0.29, 0.717) is 0 Å². The van der Waals surface area contributed by atoms with Gasteiger partial charge >= 0.3 is 0 Å². The molecule has 12 heavy (non-hydrogen) atoms. The maximum absolute atomic E-state index is 4.01. The molecule has 0 bridgehead atoms. The molecule has 2 heterocycles. The summed E-state index contributed by atoms with van der Waals surface area (Å²) in [5.74, 6) is 0. The van der Waals surface area contributed by atoms with E-state index >= 15 is 0 Å². The Kier molecular flexibility index (Phi) is 2.03. The van der Waals surface area contributed by atoms with Crippen LogP contribution in [0.2, 0.25) is 0 Å². The predicted molar refractivity (Wildman–Crippen MR) is 51.9 cm³/mol. The molecule has 0 saturated heterocycles. The van der Waals surface area contributed by atoms with Gasteiger partial charge in [-0.2, -0.15) is 5.10 Å². The van der Waals surface area contributed by atoms with Gasteiger partial charge in [0.25, 0.3) is 0 Å². The molecule has 2 aromatic heterocycles. The summed E-state index contributed by atoms with van der Waals surface area (Å²) >= 11 is 2.23. The van der Waals surface area contributed by atoms with Crippen LogP contribution >= 0.6 is 22.6 Å². The van der Waals surface area contributed by atoms with Gasteiger partial charge < -0.3 is 0 Å². The zero-order valence-electron chi connectivity index (χ0n) is 6.05. The normalized spacial score (nSPS) is 10.1. The summed E-state index contributed by atoms with van der Waals surface area (Å²) in [6, 6.07) is 1.93. The van der Waals surface area contributed by atoms with Crippen molar-refractivity contribution in [3.05, 3.63) is 34.7 Å². The summed E-state index contributed by atoms with van der Waals surface area (Å²) in [5.41, 5.74) is 0.954. The van der Waals surface area contributed by atoms with Crippen molar-refractivity contribution in [3.8, 4) is 5.69 Å². The van der Waals surface area contributed by atoms with Crippen molar-refractivity contribution in [1.82, 2.24) is 19.7 Å². The van der Waals surface area contributed by atoms with E-state index in [1.807, 2.05) is 6.07 Å². The minimum Gasteiger partial charge on any atom is -0.262 e. The largest absolute Gasteiger partial charge is 0.262 e. The fourth-order valence-corrected chi connectivity index (χ4v) is 1.42. The molecule has 0 N–H and O–H groups in total. The van der Waals surface area contributed by atoms with Crippen LogP contribution in [-0.4, -0.2) is 19.7 Å². The molecule has 0 aliphatic heterocycles. The van der Waals surface area contributed by atoms with Crippen LogP contribution in [0, 0.1) is 3.57 Å². The Bertz CT molecular complexity index is 371. The molecule has 2 rings (SSSR count). The Morgan fingerprint density at radius 3 is 2.92 bits per heavy atom. The highest BCUT2D eigenvalue weighted by Gasteiger charge is 2.00. The minimum atomic E-state index is 0.954. The predicted octanol–water partition coefficient (Wildman–Crippen LogP) is 1.27. The van der Waals surface area contributed by atoms with Gasteiger partial charge in [-0.3, -0.25) is 4.98 Å². The zero-order valence-corrected chi connectivity index (χ0v) is 8.21. The van der Waals surface area contributed by atoms with E-state index < -0.39 is 0 Å². The number of pyridine rings is 1. The van der Waals surface area contributed by atoms with E-state index in [-0.39, 0.29) is 0 Å². The quantitative estimate of drug-likeness (QED) is 0.734. The second-order valence-corrected chi connectivity index (χ2v) is 3.33. The molecule has 0 aromatic carbocycles. The average molecular weight is 272 g/mol. The van der Waals surface area contributed by atoms with Crippen molar-refractivity contribution < 1.29 is 0 Å². The number of rotatable bonds is 1. The molecule has 2 aromatic rings. The average Bonchev–Trinajstić information content (AvgIpc) is 2.57. The lowest BCUT2D eigenvalue weighted by atomic mass is 10.4. The van der Waals surface area contributed by atoms with Crippen LogP contribution in [0.3, 0.4) is 0 Å². The molecule has 0 radical (unpaired) electrons. The lowest BCUT2D eigenvalue weighted by Gasteiger charge is -2.00. The molecule has 0 aliphatic rings. The van der Waals surface area contributed by atoms with Gasteiger partial charge in [-0.15, -0.1) is 0 Å². The van der Waals surface area contributed by atoms with E-state index in [1.54, 1.807) is 23.4 Å². The van der Waals surface area contributed by atoms with Gasteiger partial charge in [0, 0.05) is 9.77 Å². The van der Waals surface area contributed by atoms with Crippen molar-refractivity contribution in [2.75, 3.05) is 0 Å². The fourth-order valence-electron chi connectivity index (χ4n) is 0.870. The van der Waals surface area contributed by atoms with Gasteiger partial charge in [-0.25, -0.2) is 9.67 Å². The molecule has 0 amide bonds. The first kappa shape index (κ1) is 7.66. The lowest BCUT2D eigenvalue weighted by Crippen LogP contribution is -1.97. The third kappa shape index (κ3) is 1.31. The van der Waals surface area contributed by atoms with Crippen LogP contribution in [0.15, 0.2) is 31.1 Å². The highest BCUT2D eigenvalue weighted by molar-refractivity contribution is 14.1. The first-order valence-corrected chi connectivity index (χ1v) is 4.40. The Balaban J connectivity index is 2.55. The van der Waals surface area contributed by atoms with Gasteiger partial charge in [0.15, 0.2) is 0 Å². The van der Waals surface area contributed by atoms with Crippen molar-refractivity contribution in [1.29, 1.82) is 0 Å². The summed E-state index contributed by atoms with van der Waals surface area (Å²) in [6.07, 6.45) is 6.67. The highest BCUT2D eigenvalue weighted by Crippen LogP contribution is 2.12. The number of hydrogen-bond acceptors (Lipinski definition) is 3. The van der Waals surface area contributed by atoms with Crippen molar-refractivity contribution in [3.63, 3.8) is 0 Å². The number of aromatic nitrogens is 4. The van der Waals surface area contributed by atoms with E-state index in [9.17, 15) is 0 Å². The Hall–Kier alpha value is -0.980. The maximum Gasteiger partial charge on any atom is 0.138 e. The summed E-state index contributed by atoms with van der Waals surface area (Å²) in [4.78, 5) is 7.87. The topological polar surface area (TPSA) is 43.6 Å². The number of halogens is 1. The van der Waals surface area contributed by atoms with Gasteiger partial charge in [0.05, 0.1) is 11.9 Å². The molecular formula is C7H5IN4. The van der Waals surface area contributed by atoms with Gasteiger partial charge in [0.1, 0.15) is 12.7 Å².